The number of hydrogen-bond donors (Lipinski definition) is 0. The van der Waals surface area contributed by atoms with Crippen LogP contribution in [0.1, 0.15) is 23.8 Å². The van der Waals surface area contributed by atoms with Crippen LogP contribution in [0.3, 0.4) is 0 Å². The Morgan fingerprint density at radius 3 is 3.24 bits per heavy atom. The van der Waals surface area contributed by atoms with E-state index in [0.717, 1.165) is 13.0 Å². The lowest BCUT2D eigenvalue weighted by Crippen LogP contribution is -2.12. The smallest absolute Gasteiger partial charge is 0.394 e. The minimum atomic E-state index is -0.504. The zero-order valence-corrected chi connectivity index (χ0v) is 9.68. The van der Waals surface area contributed by atoms with Crippen LogP contribution in [-0.2, 0) is 9.47 Å². The Bertz CT molecular complexity index is 370. The van der Waals surface area contributed by atoms with Gasteiger partial charge in [0, 0.05) is 12.5 Å². The molecule has 94 valence electrons. The number of nitrogens with zero attached hydrogens (tertiary/aromatic N) is 1. The second-order valence-electron chi connectivity index (χ2n) is 3.76. The predicted octanol–water partition coefficient (Wildman–Crippen LogP) is 1.27. The number of aromatic nitrogens is 1. The van der Waals surface area contributed by atoms with Crippen molar-refractivity contribution in [2.24, 2.45) is 5.92 Å². The van der Waals surface area contributed by atoms with Crippen molar-refractivity contribution in [3.05, 3.63) is 12.0 Å². The predicted molar refractivity (Wildman–Crippen MR) is 56.9 cm³/mol. The van der Waals surface area contributed by atoms with Gasteiger partial charge in [0.15, 0.2) is 5.69 Å². The highest BCUT2D eigenvalue weighted by Gasteiger charge is 2.18. The summed E-state index contributed by atoms with van der Waals surface area (Å²) >= 11 is 0. The molecule has 0 radical (unpaired) electrons. The molecule has 2 rings (SSSR count). The first-order valence-electron chi connectivity index (χ1n) is 5.62. The summed E-state index contributed by atoms with van der Waals surface area (Å²) in [6.45, 7) is 4.00. The Balaban J connectivity index is 1.83. The van der Waals surface area contributed by atoms with E-state index in [1.165, 1.54) is 6.26 Å². The maximum atomic E-state index is 11.3. The van der Waals surface area contributed by atoms with Crippen LogP contribution in [-0.4, -0.2) is 37.4 Å². The van der Waals surface area contributed by atoms with Crippen LogP contribution in [0.25, 0.3) is 0 Å². The van der Waals surface area contributed by atoms with Gasteiger partial charge in [-0.2, -0.15) is 4.98 Å². The van der Waals surface area contributed by atoms with Crippen LogP contribution in [0.5, 0.6) is 6.08 Å². The average Bonchev–Trinajstić information content (AvgIpc) is 2.98. The van der Waals surface area contributed by atoms with Gasteiger partial charge in [-0.25, -0.2) is 4.79 Å². The molecule has 0 bridgehead atoms. The zero-order valence-electron chi connectivity index (χ0n) is 9.68. The van der Waals surface area contributed by atoms with Crippen molar-refractivity contribution in [1.82, 2.24) is 4.98 Å². The van der Waals surface area contributed by atoms with Crippen molar-refractivity contribution < 1.29 is 23.4 Å². The van der Waals surface area contributed by atoms with Crippen molar-refractivity contribution in [3.63, 3.8) is 0 Å². The maximum Gasteiger partial charge on any atom is 0.394 e. The third kappa shape index (κ3) is 3.20. The molecule has 1 aromatic rings. The Labute approximate surface area is 98.9 Å². The topological polar surface area (TPSA) is 70.8 Å². The first-order chi connectivity index (χ1) is 8.29. The molecule has 1 atom stereocenters. The van der Waals surface area contributed by atoms with Crippen LogP contribution < -0.4 is 4.74 Å². The minimum absolute atomic E-state index is 0.0972. The maximum absolute atomic E-state index is 11.3. The molecule has 1 aliphatic heterocycles. The summed E-state index contributed by atoms with van der Waals surface area (Å²) in [6.07, 6.45) is 2.31. The molecule has 1 fully saturated rings. The van der Waals surface area contributed by atoms with E-state index in [1.807, 2.05) is 0 Å². The number of esters is 1. The minimum Gasteiger partial charge on any atom is -0.461 e. The monoisotopic (exact) mass is 241 g/mol. The molecule has 0 aromatic carbocycles. The third-order valence-electron chi connectivity index (χ3n) is 2.43. The van der Waals surface area contributed by atoms with Gasteiger partial charge >= 0.3 is 12.0 Å². The lowest BCUT2D eigenvalue weighted by Gasteiger charge is -2.05. The van der Waals surface area contributed by atoms with E-state index >= 15 is 0 Å². The van der Waals surface area contributed by atoms with Gasteiger partial charge < -0.3 is 18.6 Å². The number of carbonyl (C=O) groups is 1. The molecule has 0 N–H and O–H groups in total. The average molecular weight is 241 g/mol. The fourth-order valence-corrected chi connectivity index (χ4v) is 1.53. The molecule has 0 saturated carbocycles. The third-order valence-corrected chi connectivity index (χ3v) is 2.43. The Hall–Kier alpha value is -1.56. The fourth-order valence-electron chi connectivity index (χ4n) is 1.53. The van der Waals surface area contributed by atoms with Gasteiger partial charge in [0.1, 0.15) is 6.26 Å². The van der Waals surface area contributed by atoms with Crippen LogP contribution in [0.4, 0.5) is 0 Å². The van der Waals surface area contributed by atoms with Gasteiger partial charge in [0.05, 0.1) is 19.8 Å². The standard InChI is InChI=1S/C11H15NO5/c1-2-15-10(13)9-7-17-11(12-9)16-6-8-3-4-14-5-8/h7-8H,2-6H2,1H3. The summed E-state index contributed by atoms with van der Waals surface area (Å²) in [5.74, 6) is -0.136. The number of carbonyl (C=O) groups excluding carboxylic acids is 1. The van der Waals surface area contributed by atoms with Crippen molar-refractivity contribution in [1.29, 1.82) is 0 Å². The molecule has 1 aliphatic rings. The van der Waals surface area contributed by atoms with Crippen molar-refractivity contribution in [2.75, 3.05) is 26.4 Å². The van der Waals surface area contributed by atoms with E-state index in [-0.39, 0.29) is 11.8 Å². The van der Waals surface area contributed by atoms with Crippen LogP contribution >= 0.6 is 0 Å². The fraction of sp³-hybridized carbons (Fsp3) is 0.636. The van der Waals surface area contributed by atoms with Crippen molar-refractivity contribution >= 4 is 5.97 Å². The summed E-state index contributed by atoms with van der Waals surface area (Å²) in [6, 6.07) is 0. The van der Waals surface area contributed by atoms with Gasteiger partial charge in [0.2, 0.25) is 0 Å². The van der Waals surface area contributed by atoms with E-state index in [1.54, 1.807) is 6.92 Å². The first kappa shape index (κ1) is 11.9. The van der Waals surface area contributed by atoms with Crippen molar-refractivity contribution in [3.8, 4) is 6.08 Å². The quantitative estimate of drug-likeness (QED) is 0.723. The van der Waals surface area contributed by atoms with Crippen molar-refractivity contribution in [2.45, 2.75) is 13.3 Å². The molecule has 1 unspecified atom stereocenters. The molecule has 0 spiro atoms. The first-order valence-corrected chi connectivity index (χ1v) is 5.62. The molecule has 6 heteroatoms. The molecule has 1 aromatic heterocycles. The van der Waals surface area contributed by atoms with Crippen LogP contribution in [0.15, 0.2) is 10.7 Å². The number of oxazole rings is 1. The Morgan fingerprint density at radius 2 is 2.53 bits per heavy atom. The highest BCUT2D eigenvalue weighted by molar-refractivity contribution is 5.86. The van der Waals surface area contributed by atoms with Gasteiger partial charge in [-0.15, -0.1) is 0 Å². The highest BCUT2D eigenvalue weighted by atomic mass is 16.6. The molecular weight excluding hydrogens is 226 g/mol. The lowest BCUT2D eigenvalue weighted by atomic mass is 10.1. The Morgan fingerprint density at radius 1 is 1.65 bits per heavy atom. The van der Waals surface area contributed by atoms with E-state index in [2.05, 4.69) is 4.98 Å². The largest absolute Gasteiger partial charge is 0.461 e. The summed E-state index contributed by atoms with van der Waals surface area (Å²) in [5, 5.41) is 0. The molecule has 6 nitrogen and oxygen atoms in total. The molecule has 17 heavy (non-hydrogen) atoms. The lowest BCUT2D eigenvalue weighted by molar-refractivity contribution is 0.0519. The SMILES string of the molecule is CCOC(=O)c1coc(OCC2CCOC2)n1. The highest BCUT2D eigenvalue weighted by Crippen LogP contribution is 2.16. The summed E-state index contributed by atoms with van der Waals surface area (Å²) < 4.78 is 20.3. The van der Waals surface area contributed by atoms with E-state index in [0.29, 0.717) is 25.7 Å². The number of hydrogen-bond acceptors (Lipinski definition) is 6. The number of ether oxygens (including phenoxy) is 3. The van der Waals surface area contributed by atoms with Gasteiger partial charge in [-0.1, -0.05) is 0 Å². The summed E-state index contributed by atoms with van der Waals surface area (Å²) in [7, 11) is 0. The second kappa shape index (κ2) is 5.67. The van der Waals surface area contributed by atoms with Gasteiger partial charge in [-0.05, 0) is 13.3 Å². The summed E-state index contributed by atoms with van der Waals surface area (Å²) in [5.41, 5.74) is 0.129. The molecule has 0 aliphatic carbocycles. The summed E-state index contributed by atoms with van der Waals surface area (Å²) in [4.78, 5) is 15.2. The molecule has 1 saturated heterocycles. The molecular formula is C11H15NO5. The Kier molecular flexibility index (Phi) is 3.98. The second-order valence-corrected chi connectivity index (χ2v) is 3.76. The van der Waals surface area contributed by atoms with Crippen LogP contribution in [0.2, 0.25) is 0 Å². The molecule has 2 heterocycles. The number of rotatable bonds is 5. The zero-order chi connectivity index (χ0) is 12.1. The molecule has 0 amide bonds. The van der Waals surface area contributed by atoms with E-state index < -0.39 is 5.97 Å². The van der Waals surface area contributed by atoms with Gasteiger partial charge in [-0.3, -0.25) is 0 Å². The van der Waals surface area contributed by atoms with E-state index in [4.69, 9.17) is 18.6 Å². The van der Waals surface area contributed by atoms with Gasteiger partial charge in [0.25, 0.3) is 0 Å². The normalized spacial score (nSPS) is 19.2. The van der Waals surface area contributed by atoms with E-state index in [9.17, 15) is 4.79 Å². The van der Waals surface area contributed by atoms with Crippen LogP contribution in [0, 0.1) is 5.92 Å².